The molecule has 18 heavy (non-hydrogen) atoms. The highest BCUT2D eigenvalue weighted by Crippen LogP contribution is 2.30. The van der Waals surface area contributed by atoms with Gasteiger partial charge in [-0.3, -0.25) is 4.79 Å². The summed E-state index contributed by atoms with van der Waals surface area (Å²) in [4.78, 5) is 22.2. The number of amides is 1. The molecule has 0 aliphatic carbocycles. The molecule has 0 radical (unpaired) electrons. The highest BCUT2D eigenvalue weighted by molar-refractivity contribution is 7.17. The van der Waals surface area contributed by atoms with Crippen molar-refractivity contribution in [3.05, 3.63) is 35.0 Å². The Kier molecular flexibility index (Phi) is 3.93. The largest absolute Gasteiger partial charge is 0.341 e. The van der Waals surface area contributed by atoms with Crippen LogP contribution in [0.3, 0.4) is 0 Å². The lowest BCUT2D eigenvalue weighted by atomic mass is 10.1. The number of carbonyl (C=O) groups excluding carboxylic acids is 2. The van der Waals surface area contributed by atoms with Gasteiger partial charge in [0, 0.05) is 15.6 Å². The minimum Gasteiger partial charge on any atom is -0.341 e. The Balaban J connectivity index is 2.41. The Morgan fingerprint density at radius 1 is 1.56 bits per heavy atom. The molecule has 2 rings (SSSR count). The van der Waals surface area contributed by atoms with Gasteiger partial charge in [-0.05, 0) is 23.6 Å². The van der Waals surface area contributed by atoms with Gasteiger partial charge in [0.25, 0.3) is 0 Å². The zero-order valence-corrected chi connectivity index (χ0v) is 10.7. The van der Waals surface area contributed by atoms with Crippen molar-refractivity contribution in [3.8, 4) is 0 Å². The van der Waals surface area contributed by atoms with Gasteiger partial charge >= 0.3 is 0 Å². The summed E-state index contributed by atoms with van der Waals surface area (Å²) >= 11 is 6.76. The predicted octanol–water partition coefficient (Wildman–Crippen LogP) is 2.64. The Morgan fingerprint density at radius 2 is 2.33 bits per heavy atom. The Hall–Kier alpha value is -1.46. The summed E-state index contributed by atoms with van der Waals surface area (Å²) in [7, 11) is 0. The third kappa shape index (κ3) is 2.52. The van der Waals surface area contributed by atoms with Crippen LogP contribution in [-0.2, 0) is 9.59 Å². The van der Waals surface area contributed by atoms with E-state index >= 15 is 0 Å². The lowest BCUT2D eigenvalue weighted by Gasteiger charge is -2.11. The number of thiophene rings is 1. The number of carbonyl (C=O) groups is 2. The van der Waals surface area contributed by atoms with Gasteiger partial charge in [0.05, 0.1) is 0 Å². The first-order valence-corrected chi connectivity index (χ1v) is 6.54. The van der Waals surface area contributed by atoms with E-state index in [9.17, 15) is 14.0 Å². The molecule has 2 aromatic rings. The predicted molar refractivity (Wildman–Crippen MR) is 69.5 cm³/mol. The number of halogens is 2. The molecule has 1 unspecified atom stereocenters. The minimum atomic E-state index is -0.799. The van der Waals surface area contributed by atoms with Crippen molar-refractivity contribution in [3.63, 3.8) is 0 Å². The first-order valence-electron chi connectivity index (χ1n) is 5.13. The van der Waals surface area contributed by atoms with Gasteiger partial charge in [-0.1, -0.05) is 0 Å². The molecule has 6 heteroatoms. The minimum absolute atomic E-state index is 0.221. The average Bonchev–Trinajstić information content (AvgIpc) is 2.78. The number of alkyl halides is 1. The fraction of sp³-hybridized carbons (Fsp3) is 0.167. The number of benzene rings is 1. The van der Waals surface area contributed by atoms with E-state index < -0.39 is 11.9 Å². The standard InChI is InChI=1S/C12H9ClFNO2S/c13-4-12(17)15-10(5-16)9-6-18-11-2-1-7(14)3-8(9)11/h1-3,5-6,10H,4H2,(H,15,17). The number of hydrogen-bond donors (Lipinski definition) is 1. The zero-order valence-electron chi connectivity index (χ0n) is 9.15. The molecule has 0 saturated carbocycles. The summed E-state index contributed by atoms with van der Waals surface area (Å²) in [6, 6.07) is 3.55. The molecule has 0 fully saturated rings. The number of nitrogens with one attached hydrogen (secondary N) is 1. The molecule has 94 valence electrons. The van der Waals surface area contributed by atoms with Crippen molar-refractivity contribution in [2.45, 2.75) is 6.04 Å². The monoisotopic (exact) mass is 285 g/mol. The quantitative estimate of drug-likeness (QED) is 0.693. The molecule has 1 amide bonds. The van der Waals surface area contributed by atoms with E-state index in [-0.39, 0.29) is 11.7 Å². The molecule has 3 nitrogen and oxygen atoms in total. The third-order valence-corrected chi connectivity index (χ3v) is 3.70. The maximum absolute atomic E-state index is 13.2. The zero-order chi connectivity index (χ0) is 13.1. The molecule has 0 bridgehead atoms. The molecule has 1 aromatic carbocycles. The van der Waals surface area contributed by atoms with Crippen LogP contribution in [0.1, 0.15) is 11.6 Å². The summed E-state index contributed by atoms with van der Waals surface area (Å²) in [5, 5.41) is 4.84. The van der Waals surface area contributed by atoms with Crippen molar-refractivity contribution in [1.29, 1.82) is 0 Å². The van der Waals surface area contributed by atoms with Gasteiger partial charge in [-0.2, -0.15) is 0 Å². The van der Waals surface area contributed by atoms with E-state index in [2.05, 4.69) is 5.32 Å². The fourth-order valence-corrected chi connectivity index (χ4v) is 2.71. The van der Waals surface area contributed by atoms with Crippen LogP contribution in [0.2, 0.25) is 0 Å². The molecule has 1 atom stereocenters. The van der Waals surface area contributed by atoms with Crippen LogP contribution in [0.5, 0.6) is 0 Å². The van der Waals surface area contributed by atoms with Crippen molar-refractivity contribution < 1.29 is 14.0 Å². The number of rotatable bonds is 4. The van der Waals surface area contributed by atoms with Gasteiger partial charge in [0.15, 0.2) is 0 Å². The average molecular weight is 286 g/mol. The van der Waals surface area contributed by atoms with Crippen LogP contribution in [0.25, 0.3) is 10.1 Å². The normalized spacial score (nSPS) is 12.3. The lowest BCUT2D eigenvalue weighted by Crippen LogP contribution is -2.30. The number of aldehydes is 1. The van der Waals surface area contributed by atoms with E-state index in [4.69, 9.17) is 11.6 Å². The second kappa shape index (κ2) is 5.46. The molecule has 0 aliphatic heterocycles. The van der Waals surface area contributed by atoms with Crippen LogP contribution < -0.4 is 5.32 Å². The summed E-state index contributed by atoms with van der Waals surface area (Å²) in [6.45, 7) is 0. The first kappa shape index (κ1) is 13.0. The lowest BCUT2D eigenvalue weighted by molar-refractivity contribution is -0.122. The Morgan fingerprint density at radius 3 is 3.00 bits per heavy atom. The molecule has 1 aromatic heterocycles. The first-order chi connectivity index (χ1) is 8.65. The van der Waals surface area contributed by atoms with E-state index in [0.29, 0.717) is 17.2 Å². The molecule has 1 N–H and O–H groups in total. The summed E-state index contributed by atoms with van der Waals surface area (Å²) in [6.07, 6.45) is 0.608. The highest BCUT2D eigenvalue weighted by atomic mass is 35.5. The molecule has 0 saturated heterocycles. The maximum Gasteiger partial charge on any atom is 0.235 e. The van der Waals surface area contributed by atoms with Crippen molar-refractivity contribution in [2.75, 3.05) is 5.88 Å². The Labute approximate surface area is 112 Å². The van der Waals surface area contributed by atoms with Crippen LogP contribution in [0.15, 0.2) is 23.6 Å². The third-order valence-electron chi connectivity index (χ3n) is 2.47. The number of fused-ring (bicyclic) bond motifs is 1. The molecule has 0 aliphatic rings. The van der Waals surface area contributed by atoms with Gasteiger partial charge < -0.3 is 10.1 Å². The topological polar surface area (TPSA) is 46.2 Å². The molecule has 0 spiro atoms. The van der Waals surface area contributed by atoms with Crippen molar-refractivity contribution in [2.24, 2.45) is 0 Å². The Bertz CT molecular complexity index is 599. The van der Waals surface area contributed by atoms with Gasteiger partial charge in [-0.15, -0.1) is 22.9 Å². The SMILES string of the molecule is O=CC(NC(=O)CCl)c1csc2ccc(F)cc12. The van der Waals surface area contributed by atoms with Crippen LogP contribution in [0, 0.1) is 5.82 Å². The van der Waals surface area contributed by atoms with Gasteiger partial charge in [0.2, 0.25) is 5.91 Å². The van der Waals surface area contributed by atoms with Crippen molar-refractivity contribution >= 4 is 45.2 Å². The summed E-state index contributed by atoms with van der Waals surface area (Å²) in [5.74, 6) is -1.04. The second-order valence-corrected chi connectivity index (χ2v) is 4.82. The molecular formula is C12H9ClFNO2S. The van der Waals surface area contributed by atoms with Crippen LogP contribution >= 0.6 is 22.9 Å². The number of hydrogen-bond acceptors (Lipinski definition) is 3. The van der Waals surface area contributed by atoms with Crippen LogP contribution in [-0.4, -0.2) is 18.1 Å². The van der Waals surface area contributed by atoms with Crippen molar-refractivity contribution in [1.82, 2.24) is 5.32 Å². The van der Waals surface area contributed by atoms with Gasteiger partial charge in [-0.25, -0.2) is 4.39 Å². The van der Waals surface area contributed by atoms with Gasteiger partial charge in [0.1, 0.15) is 24.0 Å². The second-order valence-electron chi connectivity index (χ2n) is 3.65. The summed E-state index contributed by atoms with van der Waals surface area (Å²) < 4.78 is 14.1. The van der Waals surface area contributed by atoms with E-state index in [1.807, 2.05) is 0 Å². The smallest absolute Gasteiger partial charge is 0.235 e. The highest BCUT2D eigenvalue weighted by Gasteiger charge is 2.17. The van der Waals surface area contributed by atoms with Crippen LogP contribution in [0.4, 0.5) is 4.39 Å². The molecular weight excluding hydrogens is 277 g/mol. The van der Waals surface area contributed by atoms with E-state index in [1.165, 1.54) is 23.5 Å². The molecule has 1 heterocycles. The fourth-order valence-electron chi connectivity index (χ4n) is 1.66. The van der Waals surface area contributed by atoms with E-state index in [1.54, 1.807) is 11.4 Å². The summed E-state index contributed by atoms with van der Waals surface area (Å²) in [5.41, 5.74) is 0.586. The maximum atomic E-state index is 13.2. The van der Waals surface area contributed by atoms with E-state index in [0.717, 1.165) is 4.70 Å².